The molecule has 2 heterocycles. The van der Waals surface area contributed by atoms with E-state index in [2.05, 4.69) is 20.9 Å². The predicted octanol–water partition coefficient (Wildman–Crippen LogP) is 1.29. The highest BCUT2D eigenvalue weighted by molar-refractivity contribution is 9.10. The Hall–Kier alpha value is -0.840. The summed E-state index contributed by atoms with van der Waals surface area (Å²) < 4.78 is 2.54. The van der Waals surface area contributed by atoms with Crippen LogP contribution in [0.25, 0.3) is 0 Å². The van der Waals surface area contributed by atoms with Crippen LogP contribution in [0, 0.1) is 0 Å². The highest BCUT2D eigenvalue weighted by Crippen LogP contribution is 2.24. The number of hydrogen-bond donors (Lipinski definition) is 1. The number of carbonyl (C=O) groups is 1. The molecule has 64 valence electrons. The summed E-state index contributed by atoms with van der Waals surface area (Å²) >= 11 is 3.22. The number of halogens is 1. The van der Waals surface area contributed by atoms with E-state index in [1.807, 2.05) is 4.57 Å². The Balaban J connectivity index is 2.58. The number of nitrogens with zero attached hydrogens (tertiary/aromatic N) is 2. The van der Waals surface area contributed by atoms with Crippen molar-refractivity contribution >= 4 is 21.9 Å². The van der Waals surface area contributed by atoms with Gasteiger partial charge in [0.25, 0.3) is 0 Å². The van der Waals surface area contributed by atoms with Crippen LogP contribution in [0.15, 0.2) is 4.73 Å². The average molecular weight is 231 g/mol. The molecule has 0 saturated heterocycles. The van der Waals surface area contributed by atoms with Gasteiger partial charge in [-0.25, -0.2) is 9.78 Å². The van der Waals surface area contributed by atoms with E-state index in [1.165, 1.54) is 0 Å². The zero-order valence-electron chi connectivity index (χ0n) is 6.25. The summed E-state index contributed by atoms with van der Waals surface area (Å²) in [6.45, 7) is 0.871. The Bertz CT molecular complexity index is 345. The summed E-state index contributed by atoms with van der Waals surface area (Å²) in [5, 5.41) is 8.77. The maximum atomic E-state index is 10.7. The Labute approximate surface area is 77.3 Å². The topological polar surface area (TPSA) is 55.1 Å². The molecule has 2 rings (SSSR count). The van der Waals surface area contributed by atoms with Gasteiger partial charge in [-0.3, -0.25) is 0 Å². The number of fused-ring (bicyclic) bond motifs is 1. The average Bonchev–Trinajstić information content (AvgIpc) is 2.53. The van der Waals surface area contributed by atoms with Crippen LogP contribution >= 0.6 is 15.9 Å². The monoisotopic (exact) mass is 230 g/mol. The Kier molecular flexibility index (Phi) is 1.68. The highest BCUT2D eigenvalue weighted by atomic mass is 79.9. The van der Waals surface area contributed by atoms with Crippen LogP contribution in [0.4, 0.5) is 0 Å². The van der Waals surface area contributed by atoms with Crippen LogP contribution in [0.1, 0.15) is 22.6 Å². The van der Waals surface area contributed by atoms with Crippen LogP contribution in [-0.2, 0) is 13.0 Å². The van der Waals surface area contributed by atoms with Crippen molar-refractivity contribution in [2.75, 3.05) is 0 Å². The van der Waals surface area contributed by atoms with E-state index < -0.39 is 5.97 Å². The van der Waals surface area contributed by atoms with E-state index in [0.717, 1.165) is 25.1 Å². The summed E-state index contributed by atoms with van der Waals surface area (Å²) in [6.07, 6.45) is 1.83. The maximum Gasteiger partial charge on any atom is 0.356 e. The molecule has 0 radical (unpaired) electrons. The first kappa shape index (κ1) is 7.79. The van der Waals surface area contributed by atoms with Crippen LogP contribution in [0.2, 0.25) is 0 Å². The fourth-order valence-corrected chi connectivity index (χ4v) is 2.08. The number of hydrogen-bond acceptors (Lipinski definition) is 2. The van der Waals surface area contributed by atoms with Gasteiger partial charge in [0.15, 0.2) is 10.4 Å². The van der Waals surface area contributed by atoms with Crippen molar-refractivity contribution in [3.63, 3.8) is 0 Å². The minimum Gasteiger partial charge on any atom is -0.476 e. The molecular formula is C7H7BrN2O2. The number of carboxylic acid groups (broad SMARTS) is 1. The zero-order chi connectivity index (χ0) is 8.72. The molecule has 0 aliphatic carbocycles. The maximum absolute atomic E-state index is 10.7. The Morgan fingerprint density at radius 1 is 1.67 bits per heavy atom. The van der Waals surface area contributed by atoms with Gasteiger partial charge in [-0.1, -0.05) is 0 Å². The second-order valence-corrected chi connectivity index (χ2v) is 3.45. The van der Waals surface area contributed by atoms with Crippen LogP contribution in [0.3, 0.4) is 0 Å². The smallest absolute Gasteiger partial charge is 0.356 e. The lowest BCUT2D eigenvalue weighted by molar-refractivity contribution is 0.0690. The van der Waals surface area contributed by atoms with E-state index in [1.54, 1.807) is 0 Å². The molecule has 0 fully saturated rings. The summed E-state index contributed by atoms with van der Waals surface area (Å²) in [7, 11) is 0. The predicted molar refractivity (Wildman–Crippen MR) is 45.2 cm³/mol. The van der Waals surface area contributed by atoms with Crippen molar-refractivity contribution in [1.29, 1.82) is 0 Å². The molecule has 0 bridgehead atoms. The third-order valence-corrected chi connectivity index (χ3v) is 2.63. The van der Waals surface area contributed by atoms with Gasteiger partial charge in [-0.05, 0) is 28.8 Å². The first-order valence-corrected chi connectivity index (χ1v) is 4.47. The van der Waals surface area contributed by atoms with Gasteiger partial charge in [0.1, 0.15) is 0 Å². The lowest BCUT2D eigenvalue weighted by Crippen LogP contribution is -2.00. The largest absolute Gasteiger partial charge is 0.476 e. The second-order valence-electron chi connectivity index (χ2n) is 2.74. The molecule has 0 unspecified atom stereocenters. The molecule has 1 aliphatic rings. The standard InChI is InChI=1S/C7H7BrN2O2/c8-7-9-5(6(11)12)4-2-1-3-10(4)7/h1-3H2,(H,11,12). The molecule has 0 aromatic carbocycles. The number of aromatic nitrogens is 2. The third-order valence-electron chi connectivity index (χ3n) is 2.02. The van der Waals surface area contributed by atoms with Crippen molar-refractivity contribution in [3.8, 4) is 0 Å². The summed E-state index contributed by atoms with van der Waals surface area (Å²) in [5.74, 6) is -0.939. The van der Waals surface area contributed by atoms with Gasteiger partial charge in [-0.2, -0.15) is 0 Å². The van der Waals surface area contributed by atoms with Crippen molar-refractivity contribution in [3.05, 3.63) is 16.1 Å². The van der Waals surface area contributed by atoms with Crippen molar-refractivity contribution in [2.45, 2.75) is 19.4 Å². The fraction of sp³-hybridized carbons (Fsp3) is 0.429. The first-order chi connectivity index (χ1) is 5.70. The number of imidazole rings is 1. The molecule has 1 aromatic rings. The first-order valence-electron chi connectivity index (χ1n) is 3.68. The number of carboxylic acids is 1. The molecule has 0 saturated carbocycles. The van der Waals surface area contributed by atoms with Gasteiger partial charge in [0, 0.05) is 6.54 Å². The summed E-state index contributed by atoms with van der Waals surface area (Å²) in [6, 6.07) is 0. The normalized spacial score (nSPS) is 14.8. The van der Waals surface area contributed by atoms with E-state index in [-0.39, 0.29) is 5.69 Å². The van der Waals surface area contributed by atoms with E-state index in [9.17, 15) is 4.79 Å². The molecular weight excluding hydrogens is 224 g/mol. The van der Waals surface area contributed by atoms with E-state index in [4.69, 9.17) is 5.11 Å². The minimum absolute atomic E-state index is 0.194. The van der Waals surface area contributed by atoms with E-state index >= 15 is 0 Å². The van der Waals surface area contributed by atoms with E-state index in [0.29, 0.717) is 4.73 Å². The summed E-state index contributed by atoms with van der Waals surface area (Å²) in [4.78, 5) is 14.6. The van der Waals surface area contributed by atoms with Gasteiger partial charge in [0.2, 0.25) is 0 Å². The SMILES string of the molecule is O=C(O)c1nc(Br)n2c1CCC2. The molecule has 1 N–H and O–H groups in total. The van der Waals surface area contributed by atoms with Crippen molar-refractivity contribution in [1.82, 2.24) is 9.55 Å². The molecule has 12 heavy (non-hydrogen) atoms. The molecule has 4 nitrogen and oxygen atoms in total. The molecule has 0 atom stereocenters. The zero-order valence-corrected chi connectivity index (χ0v) is 7.84. The molecule has 0 amide bonds. The minimum atomic E-state index is -0.939. The van der Waals surface area contributed by atoms with Crippen LogP contribution in [0.5, 0.6) is 0 Å². The molecule has 1 aromatic heterocycles. The van der Waals surface area contributed by atoms with Crippen molar-refractivity contribution < 1.29 is 9.90 Å². The quantitative estimate of drug-likeness (QED) is 0.792. The second kappa shape index (κ2) is 2.58. The fourth-order valence-electron chi connectivity index (χ4n) is 1.51. The van der Waals surface area contributed by atoms with Gasteiger partial charge < -0.3 is 9.67 Å². The molecule has 0 spiro atoms. The van der Waals surface area contributed by atoms with Gasteiger partial charge in [-0.15, -0.1) is 0 Å². The number of rotatable bonds is 1. The van der Waals surface area contributed by atoms with Crippen molar-refractivity contribution in [2.24, 2.45) is 0 Å². The summed E-state index contributed by atoms with van der Waals surface area (Å²) in [5.41, 5.74) is 1.04. The highest BCUT2D eigenvalue weighted by Gasteiger charge is 2.23. The molecule has 1 aliphatic heterocycles. The lowest BCUT2D eigenvalue weighted by atomic mass is 10.2. The Morgan fingerprint density at radius 2 is 2.42 bits per heavy atom. The third kappa shape index (κ3) is 0.964. The van der Waals surface area contributed by atoms with Gasteiger partial charge in [0.05, 0.1) is 5.69 Å². The van der Waals surface area contributed by atoms with Crippen LogP contribution in [-0.4, -0.2) is 20.6 Å². The Morgan fingerprint density at radius 3 is 3.08 bits per heavy atom. The number of aromatic carboxylic acids is 1. The lowest BCUT2D eigenvalue weighted by Gasteiger charge is -1.94. The van der Waals surface area contributed by atoms with Crippen LogP contribution < -0.4 is 0 Å². The molecule has 5 heteroatoms. The van der Waals surface area contributed by atoms with Gasteiger partial charge >= 0.3 is 5.97 Å².